The Bertz CT molecular complexity index is 388. The van der Waals surface area contributed by atoms with Crippen molar-refractivity contribution in [3.8, 4) is 0 Å². The quantitative estimate of drug-likeness (QED) is 0.919. The van der Waals surface area contributed by atoms with Gasteiger partial charge in [-0.1, -0.05) is 15.9 Å². The maximum Gasteiger partial charge on any atom is 0.309 e. The lowest BCUT2D eigenvalue weighted by atomic mass is 9.86. The lowest BCUT2D eigenvalue weighted by molar-refractivity contribution is -0.146. The molecule has 0 aliphatic rings. The van der Waals surface area contributed by atoms with E-state index in [1.807, 2.05) is 0 Å². The second-order valence-electron chi connectivity index (χ2n) is 4.10. The van der Waals surface area contributed by atoms with Crippen LogP contribution in [0.2, 0.25) is 0 Å². The second-order valence-corrected chi connectivity index (χ2v) is 5.02. The number of rotatable bonds is 3. The molecule has 0 spiro atoms. The highest BCUT2D eigenvalue weighted by atomic mass is 79.9. The molecule has 0 aromatic heterocycles. The number of benzene rings is 1. The summed E-state index contributed by atoms with van der Waals surface area (Å²) < 4.78 is 14.1. The third-order valence-corrected chi connectivity index (χ3v) is 2.71. The minimum atomic E-state index is -0.957. The molecule has 1 aromatic rings. The van der Waals surface area contributed by atoms with Crippen molar-refractivity contribution in [3.63, 3.8) is 0 Å². The van der Waals surface area contributed by atoms with Gasteiger partial charge in [0, 0.05) is 4.47 Å². The average molecular weight is 275 g/mol. The van der Waals surface area contributed by atoms with E-state index in [0.717, 1.165) is 4.47 Å². The van der Waals surface area contributed by atoms with Gasteiger partial charge in [0.05, 0.1) is 5.41 Å². The Kier molecular flexibility index (Phi) is 3.50. The number of aliphatic carboxylic acids is 1. The molecular formula is C11H12BrFO2. The van der Waals surface area contributed by atoms with Gasteiger partial charge >= 0.3 is 5.97 Å². The van der Waals surface area contributed by atoms with E-state index in [-0.39, 0.29) is 12.2 Å². The monoisotopic (exact) mass is 274 g/mol. The fraction of sp³-hybridized carbons (Fsp3) is 0.364. The van der Waals surface area contributed by atoms with Gasteiger partial charge in [-0.05, 0) is 44.0 Å². The highest BCUT2D eigenvalue weighted by molar-refractivity contribution is 9.10. The molecule has 1 rings (SSSR count). The van der Waals surface area contributed by atoms with Crippen LogP contribution in [-0.2, 0) is 11.2 Å². The summed E-state index contributed by atoms with van der Waals surface area (Å²) in [5, 5.41) is 8.93. The SMILES string of the molecule is CC(C)(Cc1cc(Br)ccc1F)C(=O)O. The Hall–Kier alpha value is -0.900. The third-order valence-electron chi connectivity index (χ3n) is 2.22. The van der Waals surface area contributed by atoms with Crippen LogP contribution in [0.5, 0.6) is 0 Å². The van der Waals surface area contributed by atoms with Crippen LogP contribution >= 0.6 is 15.9 Å². The zero-order valence-electron chi connectivity index (χ0n) is 8.55. The number of hydrogen-bond donors (Lipinski definition) is 1. The number of hydrogen-bond acceptors (Lipinski definition) is 1. The Morgan fingerprint density at radius 2 is 2.13 bits per heavy atom. The van der Waals surface area contributed by atoms with Gasteiger partial charge in [0.1, 0.15) is 5.82 Å². The lowest BCUT2D eigenvalue weighted by Crippen LogP contribution is -2.26. The predicted octanol–water partition coefficient (Wildman–Crippen LogP) is 3.24. The summed E-state index contributed by atoms with van der Waals surface area (Å²) >= 11 is 3.23. The molecule has 0 fully saturated rings. The Morgan fingerprint density at radius 3 is 2.67 bits per heavy atom. The molecule has 0 heterocycles. The molecule has 1 N–H and O–H groups in total. The lowest BCUT2D eigenvalue weighted by Gasteiger charge is -2.19. The summed E-state index contributed by atoms with van der Waals surface area (Å²) in [5.74, 6) is -1.30. The van der Waals surface area contributed by atoms with Crippen molar-refractivity contribution >= 4 is 21.9 Å². The van der Waals surface area contributed by atoms with E-state index >= 15 is 0 Å². The first-order valence-corrected chi connectivity index (χ1v) is 5.29. The van der Waals surface area contributed by atoms with E-state index in [1.165, 1.54) is 6.07 Å². The Morgan fingerprint density at radius 1 is 1.53 bits per heavy atom. The van der Waals surface area contributed by atoms with Crippen LogP contribution in [0.1, 0.15) is 19.4 Å². The molecule has 0 atom stereocenters. The molecule has 15 heavy (non-hydrogen) atoms. The van der Waals surface area contributed by atoms with E-state index in [0.29, 0.717) is 5.56 Å². The summed E-state index contributed by atoms with van der Waals surface area (Å²) in [7, 11) is 0. The maximum atomic E-state index is 13.3. The normalized spacial score (nSPS) is 11.5. The van der Waals surface area contributed by atoms with Gasteiger partial charge in [0.15, 0.2) is 0 Å². The van der Waals surface area contributed by atoms with Crippen molar-refractivity contribution < 1.29 is 14.3 Å². The van der Waals surface area contributed by atoms with Crippen LogP contribution < -0.4 is 0 Å². The van der Waals surface area contributed by atoms with Gasteiger partial charge in [0.2, 0.25) is 0 Å². The molecule has 2 nitrogen and oxygen atoms in total. The molecule has 82 valence electrons. The molecule has 0 saturated carbocycles. The van der Waals surface area contributed by atoms with Crippen LogP contribution in [0.4, 0.5) is 4.39 Å². The zero-order valence-corrected chi connectivity index (χ0v) is 10.1. The Labute approximate surface area is 96.2 Å². The molecule has 0 unspecified atom stereocenters. The summed E-state index contributed by atoms with van der Waals surface area (Å²) in [5.41, 5.74) is -0.543. The molecule has 0 amide bonds. The van der Waals surface area contributed by atoms with Gasteiger partial charge in [0.25, 0.3) is 0 Å². The fourth-order valence-electron chi connectivity index (χ4n) is 1.23. The summed E-state index contributed by atoms with van der Waals surface area (Å²) in [6.07, 6.45) is 0.174. The second kappa shape index (κ2) is 4.31. The smallest absolute Gasteiger partial charge is 0.309 e. The third kappa shape index (κ3) is 3.02. The molecule has 4 heteroatoms. The molecule has 0 radical (unpaired) electrons. The first kappa shape index (κ1) is 12.2. The van der Waals surface area contributed by atoms with E-state index in [4.69, 9.17) is 5.11 Å². The van der Waals surface area contributed by atoms with Crippen LogP contribution in [0, 0.1) is 11.2 Å². The minimum Gasteiger partial charge on any atom is -0.481 e. The topological polar surface area (TPSA) is 37.3 Å². The molecular weight excluding hydrogens is 263 g/mol. The van der Waals surface area contributed by atoms with Crippen LogP contribution in [-0.4, -0.2) is 11.1 Å². The zero-order chi connectivity index (χ0) is 11.6. The molecule has 0 aliphatic carbocycles. The van der Waals surface area contributed by atoms with Gasteiger partial charge in [-0.15, -0.1) is 0 Å². The first-order valence-electron chi connectivity index (χ1n) is 4.50. The Balaban J connectivity index is 2.99. The van der Waals surface area contributed by atoms with E-state index in [2.05, 4.69) is 15.9 Å². The van der Waals surface area contributed by atoms with Crippen molar-refractivity contribution in [1.29, 1.82) is 0 Å². The predicted molar refractivity (Wildman–Crippen MR) is 59.2 cm³/mol. The number of halogens is 2. The van der Waals surface area contributed by atoms with Gasteiger partial charge < -0.3 is 5.11 Å². The number of carboxylic acids is 1. The molecule has 0 bridgehead atoms. The molecule has 0 saturated heterocycles. The highest BCUT2D eigenvalue weighted by Gasteiger charge is 2.28. The largest absolute Gasteiger partial charge is 0.481 e. The standard InChI is InChI=1S/C11H12BrFO2/c1-11(2,10(14)15)6-7-5-8(12)3-4-9(7)13/h3-5H,6H2,1-2H3,(H,14,15). The van der Waals surface area contributed by atoms with E-state index in [1.54, 1.807) is 26.0 Å². The fourth-order valence-corrected chi connectivity index (χ4v) is 1.64. The van der Waals surface area contributed by atoms with Crippen molar-refractivity contribution in [2.75, 3.05) is 0 Å². The summed E-state index contributed by atoms with van der Waals surface area (Å²) in [6, 6.07) is 4.53. The van der Waals surface area contributed by atoms with Crippen molar-refractivity contribution in [1.82, 2.24) is 0 Å². The van der Waals surface area contributed by atoms with Gasteiger partial charge in [-0.2, -0.15) is 0 Å². The average Bonchev–Trinajstić information content (AvgIpc) is 2.10. The van der Waals surface area contributed by atoms with E-state index in [9.17, 15) is 9.18 Å². The highest BCUT2D eigenvalue weighted by Crippen LogP contribution is 2.25. The van der Waals surface area contributed by atoms with E-state index < -0.39 is 11.4 Å². The van der Waals surface area contributed by atoms with Crippen LogP contribution in [0.15, 0.2) is 22.7 Å². The molecule has 1 aromatic carbocycles. The van der Waals surface area contributed by atoms with Crippen LogP contribution in [0.3, 0.4) is 0 Å². The van der Waals surface area contributed by atoms with Gasteiger partial charge in [-0.3, -0.25) is 4.79 Å². The van der Waals surface area contributed by atoms with Crippen molar-refractivity contribution in [2.24, 2.45) is 5.41 Å². The first-order chi connectivity index (χ1) is 6.83. The number of carboxylic acid groups (broad SMARTS) is 1. The van der Waals surface area contributed by atoms with Crippen LogP contribution in [0.25, 0.3) is 0 Å². The summed E-state index contributed by atoms with van der Waals surface area (Å²) in [6.45, 7) is 3.16. The summed E-state index contributed by atoms with van der Waals surface area (Å²) in [4.78, 5) is 10.9. The maximum absolute atomic E-state index is 13.3. The minimum absolute atomic E-state index is 0.174. The van der Waals surface area contributed by atoms with Crippen molar-refractivity contribution in [3.05, 3.63) is 34.1 Å². The van der Waals surface area contributed by atoms with Crippen molar-refractivity contribution in [2.45, 2.75) is 20.3 Å². The number of carbonyl (C=O) groups is 1. The van der Waals surface area contributed by atoms with Gasteiger partial charge in [-0.25, -0.2) is 4.39 Å². The molecule has 0 aliphatic heterocycles.